The van der Waals surface area contributed by atoms with Gasteiger partial charge in [0.05, 0.1) is 0 Å². The molecule has 5 heteroatoms. The monoisotopic (exact) mass is 201 g/mol. The Labute approximate surface area is 76.9 Å². The maximum absolute atomic E-state index is 13.0. The van der Waals surface area contributed by atoms with E-state index in [-0.39, 0.29) is 16.3 Å². The summed E-state index contributed by atoms with van der Waals surface area (Å²) in [6.07, 6.45) is 1.72. The fourth-order valence-corrected chi connectivity index (χ4v) is 1.36. The lowest BCUT2D eigenvalue weighted by Gasteiger charge is -1.89. The molecular weight excluding hydrogens is 196 g/mol. The second kappa shape index (κ2) is 2.99. The van der Waals surface area contributed by atoms with Crippen molar-refractivity contribution in [2.45, 2.75) is 5.22 Å². The van der Waals surface area contributed by atoms with Crippen molar-refractivity contribution in [3.05, 3.63) is 23.8 Å². The molecule has 0 aliphatic heterocycles. The molecule has 0 aliphatic rings. The number of oxazole rings is 1. The van der Waals surface area contributed by atoms with E-state index in [9.17, 15) is 8.78 Å². The summed E-state index contributed by atoms with van der Waals surface area (Å²) in [5.41, 5.74) is -0.172. The van der Waals surface area contributed by atoms with E-state index in [1.54, 1.807) is 6.26 Å². The molecule has 0 atom stereocenters. The van der Waals surface area contributed by atoms with Gasteiger partial charge in [-0.1, -0.05) is 11.8 Å². The van der Waals surface area contributed by atoms with Crippen LogP contribution in [-0.4, -0.2) is 11.2 Å². The molecule has 0 saturated carbocycles. The Balaban J connectivity index is 2.80. The zero-order chi connectivity index (χ0) is 9.42. The molecule has 0 N–H and O–H groups in total. The normalized spacial score (nSPS) is 11.0. The standard InChI is InChI=1S/C8H5F2NOS/c1-13-8-11-6-4(9)2-3-5(10)7(6)12-8/h2-3H,1H3. The first-order chi connectivity index (χ1) is 6.22. The quantitative estimate of drug-likeness (QED) is 0.663. The average molecular weight is 201 g/mol. The van der Waals surface area contributed by atoms with E-state index in [4.69, 9.17) is 4.42 Å². The minimum Gasteiger partial charge on any atom is -0.428 e. The van der Waals surface area contributed by atoms with Gasteiger partial charge < -0.3 is 4.42 Å². The van der Waals surface area contributed by atoms with E-state index in [1.165, 1.54) is 11.8 Å². The van der Waals surface area contributed by atoms with Gasteiger partial charge in [-0.05, 0) is 18.4 Å². The molecule has 13 heavy (non-hydrogen) atoms. The predicted octanol–water partition coefficient (Wildman–Crippen LogP) is 2.83. The first-order valence-electron chi connectivity index (χ1n) is 3.51. The van der Waals surface area contributed by atoms with Crippen LogP contribution in [-0.2, 0) is 0 Å². The molecule has 0 radical (unpaired) electrons. The van der Waals surface area contributed by atoms with Gasteiger partial charge in [0, 0.05) is 0 Å². The van der Waals surface area contributed by atoms with Crippen LogP contribution >= 0.6 is 11.8 Å². The third-order valence-corrected chi connectivity index (χ3v) is 2.13. The van der Waals surface area contributed by atoms with E-state index in [2.05, 4.69) is 4.98 Å². The van der Waals surface area contributed by atoms with E-state index >= 15 is 0 Å². The maximum Gasteiger partial charge on any atom is 0.256 e. The molecule has 0 spiro atoms. The summed E-state index contributed by atoms with van der Waals surface area (Å²) in [6.45, 7) is 0. The minimum absolute atomic E-state index is 0.0515. The number of benzene rings is 1. The van der Waals surface area contributed by atoms with Crippen molar-refractivity contribution in [3.8, 4) is 0 Å². The lowest BCUT2D eigenvalue weighted by molar-refractivity contribution is 0.471. The molecule has 2 nitrogen and oxygen atoms in total. The summed E-state index contributed by atoms with van der Waals surface area (Å²) in [7, 11) is 0. The Morgan fingerprint density at radius 2 is 2.00 bits per heavy atom. The summed E-state index contributed by atoms with van der Waals surface area (Å²) in [6, 6.07) is 2.05. The lowest BCUT2D eigenvalue weighted by atomic mass is 10.3. The van der Waals surface area contributed by atoms with Crippen molar-refractivity contribution in [2.75, 3.05) is 6.26 Å². The smallest absolute Gasteiger partial charge is 0.256 e. The Hall–Kier alpha value is -1.10. The number of hydrogen-bond donors (Lipinski definition) is 0. The van der Waals surface area contributed by atoms with Crippen molar-refractivity contribution in [1.29, 1.82) is 0 Å². The largest absolute Gasteiger partial charge is 0.428 e. The number of thioether (sulfide) groups is 1. The molecule has 1 aromatic carbocycles. The van der Waals surface area contributed by atoms with E-state index < -0.39 is 11.6 Å². The zero-order valence-corrected chi connectivity index (χ0v) is 7.49. The molecule has 2 aromatic rings. The topological polar surface area (TPSA) is 26.0 Å². The third-order valence-electron chi connectivity index (χ3n) is 1.60. The van der Waals surface area contributed by atoms with Crippen molar-refractivity contribution in [1.82, 2.24) is 4.98 Å². The molecule has 1 heterocycles. The number of nitrogens with zero attached hydrogens (tertiary/aromatic N) is 1. The Kier molecular flexibility index (Phi) is 1.95. The third kappa shape index (κ3) is 1.29. The highest BCUT2D eigenvalue weighted by atomic mass is 32.2. The number of rotatable bonds is 1. The number of hydrogen-bond acceptors (Lipinski definition) is 3. The van der Waals surface area contributed by atoms with Gasteiger partial charge in [0.15, 0.2) is 17.2 Å². The first kappa shape index (κ1) is 8.50. The highest BCUT2D eigenvalue weighted by molar-refractivity contribution is 7.98. The van der Waals surface area contributed by atoms with Crippen molar-refractivity contribution >= 4 is 22.9 Å². The molecular formula is C8H5F2NOS. The van der Waals surface area contributed by atoms with Crippen LogP contribution in [0.1, 0.15) is 0 Å². The molecule has 2 rings (SSSR count). The Morgan fingerprint density at radius 3 is 2.62 bits per heavy atom. The fraction of sp³-hybridized carbons (Fsp3) is 0.125. The van der Waals surface area contributed by atoms with Gasteiger partial charge in [0.1, 0.15) is 5.52 Å². The van der Waals surface area contributed by atoms with Gasteiger partial charge in [-0.2, -0.15) is 0 Å². The molecule has 0 bridgehead atoms. The van der Waals surface area contributed by atoms with Crippen LogP contribution in [0.5, 0.6) is 0 Å². The van der Waals surface area contributed by atoms with Crippen LogP contribution in [0.4, 0.5) is 8.78 Å². The van der Waals surface area contributed by atoms with Gasteiger partial charge in [-0.25, -0.2) is 13.8 Å². The number of halogens is 2. The SMILES string of the molecule is CSc1nc2c(F)ccc(F)c2o1. The molecule has 0 fully saturated rings. The predicted molar refractivity (Wildman–Crippen MR) is 45.7 cm³/mol. The summed E-state index contributed by atoms with van der Waals surface area (Å²) in [5, 5.41) is 0.263. The fourth-order valence-electron chi connectivity index (χ4n) is 1.01. The maximum atomic E-state index is 13.0. The van der Waals surface area contributed by atoms with Gasteiger partial charge in [0.2, 0.25) is 0 Å². The number of fused-ring (bicyclic) bond motifs is 1. The summed E-state index contributed by atoms with van der Waals surface area (Å²) in [4.78, 5) is 3.77. The Bertz CT molecular complexity index is 416. The van der Waals surface area contributed by atoms with E-state index in [0.717, 1.165) is 12.1 Å². The van der Waals surface area contributed by atoms with Gasteiger partial charge in [0.25, 0.3) is 5.22 Å². The number of aromatic nitrogens is 1. The highest BCUT2D eigenvalue weighted by Gasteiger charge is 2.13. The summed E-state index contributed by atoms with van der Waals surface area (Å²) >= 11 is 1.20. The van der Waals surface area contributed by atoms with Crippen LogP contribution in [0.25, 0.3) is 11.1 Å². The van der Waals surface area contributed by atoms with Crippen LogP contribution in [0.3, 0.4) is 0 Å². The molecule has 0 unspecified atom stereocenters. The van der Waals surface area contributed by atoms with Crippen molar-refractivity contribution in [2.24, 2.45) is 0 Å². The van der Waals surface area contributed by atoms with Crippen molar-refractivity contribution < 1.29 is 13.2 Å². The molecule has 68 valence electrons. The van der Waals surface area contributed by atoms with Crippen LogP contribution < -0.4 is 0 Å². The van der Waals surface area contributed by atoms with Gasteiger partial charge in [-0.3, -0.25) is 0 Å². The van der Waals surface area contributed by atoms with Crippen LogP contribution in [0.2, 0.25) is 0 Å². The summed E-state index contributed by atoms with van der Waals surface area (Å²) in [5.74, 6) is -1.16. The average Bonchev–Trinajstić information content (AvgIpc) is 2.56. The minimum atomic E-state index is -0.593. The van der Waals surface area contributed by atoms with Crippen LogP contribution in [0.15, 0.2) is 21.8 Å². The molecule has 1 aromatic heterocycles. The lowest BCUT2D eigenvalue weighted by Crippen LogP contribution is -1.80. The van der Waals surface area contributed by atoms with E-state index in [1.807, 2.05) is 0 Å². The van der Waals surface area contributed by atoms with E-state index in [0.29, 0.717) is 0 Å². The van der Waals surface area contributed by atoms with Gasteiger partial charge in [-0.15, -0.1) is 0 Å². The van der Waals surface area contributed by atoms with Crippen molar-refractivity contribution in [3.63, 3.8) is 0 Å². The zero-order valence-electron chi connectivity index (χ0n) is 6.67. The molecule has 0 saturated heterocycles. The Morgan fingerprint density at radius 1 is 1.31 bits per heavy atom. The first-order valence-corrected chi connectivity index (χ1v) is 4.73. The highest BCUT2D eigenvalue weighted by Crippen LogP contribution is 2.25. The summed E-state index contributed by atoms with van der Waals surface area (Å²) < 4.78 is 31.0. The molecule has 0 amide bonds. The second-order valence-electron chi connectivity index (χ2n) is 2.39. The second-order valence-corrected chi connectivity index (χ2v) is 3.15. The van der Waals surface area contributed by atoms with Crippen LogP contribution in [0, 0.1) is 11.6 Å². The molecule has 0 aliphatic carbocycles. The van der Waals surface area contributed by atoms with Gasteiger partial charge >= 0.3 is 0 Å².